The fourth-order valence-corrected chi connectivity index (χ4v) is 5.88. The summed E-state index contributed by atoms with van der Waals surface area (Å²) in [6.07, 6.45) is 9.04. The van der Waals surface area contributed by atoms with E-state index < -0.39 is 5.41 Å². The number of aliphatic hydroxyl groups excluding tert-OH is 1. The molecule has 1 saturated carbocycles. The Morgan fingerprint density at radius 3 is 2.67 bits per heavy atom. The van der Waals surface area contributed by atoms with Crippen molar-refractivity contribution in [3.8, 4) is 0 Å². The highest BCUT2D eigenvalue weighted by Gasteiger charge is 2.58. The summed E-state index contributed by atoms with van der Waals surface area (Å²) >= 11 is 0. The van der Waals surface area contributed by atoms with Gasteiger partial charge in [0.25, 0.3) is 0 Å². The molecule has 24 heavy (non-hydrogen) atoms. The lowest BCUT2D eigenvalue weighted by atomic mass is 9.46. The van der Waals surface area contributed by atoms with Gasteiger partial charge in [0.2, 0.25) is 0 Å². The lowest BCUT2D eigenvalue weighted by Gasteiger charge is -2.57. The van der Waals surface area contributed by atoms with Crippen molar-refractivity contribution in [3.05, 3.63) is 23.3 Å². The first-order valence-electron chi connectivity index (χ1n) is 9.42. The van der Waals surface area contributed by atoms with Gasteiger partial charge in [-0.15, -0.1) is 0 Å². The van der Waals surface area contributed by atoms with Gasteiger partial charge < -0.3 is 9.84 Å². The fraction of sp³-hybridized carbons (Fsp3) is 0.762. The molecule has 3 aliphatic rings. The molecule has 1 fully saturated rings. The Morgan fingerprint density at radius 2 is 2.04 bits per heavy atom. The molecule has 1 N–H and O–H groups in total. The number of carbonyl (C=O) groups is 1. The van der Waals surface area contributed by atoms with E-state index in [9.17, 15) is 9.90 Å². The van der Waals surface area contributed by atoms with Gasteiger partial charge in [-0.3, -0.25) is 4.79 Å². The van der Waals surface area contributed by atoms with E-state index in [0.29, 0.717) is 17.8 Å². The van der Waals surface area contributed by atoms with Gasteiger partial charge in [0.15, 0.2) is 0 Å². The summed E-state index contributed by atoms with van der Waals surface area (Å²) < 4.78 is 5.17. The van der Waals surface area contributed by atoms with Crippen LogP contribution in [0.4, 0.5) is 0 Å². The summed E-state index contributed by atoms with van der Waals surface area (Å²) in [6, 6.07) is 0. The zero-order valence-corrected chi connectivity index (χ0v) is 15.8. The smallest absolute Gasteiger partial charge is 0.311 e. The Bertz CT molecular complexity index is 588. The molecule has 0 unspecified atom stereocenters. The Kier molecular flexibility index (Phi) is 4.44. The van der Waals surface area contributed by atoms with E-state index in [4.69, 9.17) is 4.74 Å². The molecule has 0 spiro atoms. The van der Waals surface area contributed by atoms with Crippen molar-refractivity contribution in [3.63, 3.8) is 0 Å². The maximum absolute atomic E-state index is 12.5. The normalized spacial score (nSPS) is 41.9. The van der Waals surface area contributed by atoms with Crippen molar-refractivity contribution in [1.29, 1.82) is 0 Å². The van der Waals surface area contributed by atoms with Crippen molar-refractivity contribution in [2.75, 3.05) is 7.11 Å². The molecule has 3 aliphatic carbocycles. The second-order valence-corrected chi connectivity index (χ2v) is 8.86. The summed E-state index contributed by atoms with van der Waals surface area (Å²) in [4.78, 5) is 12.5. The van der Waals surface area contributed by atoms with Gasteiger partial charge in [0.05, 0.1) is 18.6 Å². The first-order valence-corrected chi connectivity index (χ1v) is 9.42. The van der Waals surface area contributed by atoms with Gasteiger partial charge >= 0.3 is 5.97 Å². The Balaban J connectivity index is 2.02. The van der Waals surface area contributed by atoms with Crippen LogP contribution in [0.1, 0.15) is 59.8 Å². The molecule has 0 aromatic rings. The van der Waals surface area contributed by atoms with Crippen molar-refractivity contribution in [2.24, 2.45) is 28.6 Å². The second-order valence-electron chi connectivity index (χ2n) is 8.86. The van der Waals surface area contributed by atoms with Crippen LogP contribution in [0.5, 0.6) is 0 Å². The van der Waals surface area contributed by atoms with Crippen LogP contribution in [0.15, 0.2) is 23.3 Å². The number of allylic oxidation sites excluding steroid dienone is 3. The number of esters is 1. The molecule has 3 nitrogen and oxygen atoms in total. The van der Waals surface area contributed by atoms with Gasteiger partial charge in [-0.1, -0.05) is 39.3 Å². The van der Waals surface area contributed by atoms with Gasteiger partial charge in [0.1, 0.15) is 0 Å². The van der Waals surface area contributed by atoms with Crippen LogP contribution in [0.3, 0.4) is 0 Å². The molecular formula is C21H32O3. The van der Waals surface area contributed by atoms with E-state index in [1.54, 1.807) is 0 Å². The van der Waals surface area contributed by atoms with Crippen LogP contribution < -0.4 is 0 Å². The zero-order chi connectivity index (χ0) is 17.7. The molecular weight excluding hydrogens is 300 g/mol. The van der Waals surface area contributed by atoms with Gasteiger partial charge in [-0.2, -0.15) is 0 Å². The molecule has 0 amide bonds. The molecule has 3 rings (SSSR count). The van der Waals surface area contributed by atoms with Crippen LogP contribution in [-0.4, -0.2) is 24.3 Å². The third-order valence-electron chi connectivity index (χ3n) is 7.26. The number of ether oxygens (including phenoxy) is 1. The first-order chi connectivity index (χ1) is 11.2. The summed E-state index contributed by atoms with van der Waals surface area (Å²) in [7, 11) is 1.51. The first kappa shape index (κ1) is 17.7. The maximum Gasteiger partial charge on any atom is 0.311 e. The number of hydrogen-bond donors (Lipinski definition) is 1. The lowest BCUT2D eigenvalue weighted by molar-refractivity contribution is -0.166. The molecule has 0 radical (unpaired) electrons. The minimum Gasteiger partial charge on any atom is -0.469 e. The second kappa shape index (κ2) is 6.01. The average Bonchev–Trinajstić information content (AvgIpc) is 2.53. The van der Waals surface area contributed by atoms with E-state index in [1.165, 1.54) is 12.7 Å². The topological polar surface area (TPSA) is 46.5 Å². The van der Waals surface area contributed by atoms with Gasteiger partial charge in [-0.05, 0) is 66.9 Å². The summed E-state index contributed by atoms with van der Waals surface area (Å²) in [6.45, 7) is 8.74. The monoisotopic (exact) mass is 332 g/mol. The van der Waals surface area contributed by atoms with Crippen molar-refractivity contribution < 1.29 is 14.6 Å². The third-order valence-corrected chi connectivity index (χ3v) is 7.26. The Morgan fingerprint density at radius 1 is 1.33 bits per heavy atom. The predicted molar refractivity (Wildman–Crippen MR) is 95.3 cm³/mol. The van der Waals surface area contributed by atoms with Crippen LogP contribution in [0.25, 0.3) is 0 Å². The van der Waals surface area contributed by atoms with E-state index in [1.807, 2.05) is 0 Å². The Hall–Kier alpha value is -1.09. The zero-order valence-electron chi connectivity index (χ0n) is 15.8. The number of rotatable bonds is 2. The van der Waals surface area contributed by atoms with Crippen LogP contribution in [0, 0.1) is 28.6 Å². The number of carbonyl (C=O) groups excluding carboxylic acids is 1. The highest BCUT2D eigenvalue weighted by molar-refractivity contribution is 5.77. The number of methoxy groups -OCH3 is 1. The number of aliphatic hydroxyl groups is 1. The van der Waals surface area contributed by atoms with Gasteiger partial charge in [-0.25, -0.2) is 0 Å². The summed E-state index contributed by atoms with van der Waals surface area (Å²) in [5.41, 5.74) is 2.20. The SMILES string of the molecule is COC(=O)[C@]1(C)CCC[C@@]2(C)[C@H]1CC=C1C=C(C(C)C)[C@@H](O)C[C@@H]12. The summed E-state index contributed by atoms with van der Waals surface area (Å²) in [5.74, 6) is 0.947. The lowest BCUT2D eigenvalue weighted by Crippen LogP contribution is -2.54. The average molecular weight is 332 g/mol. The molecule has 5 atom stereocenters. The van der Waals surface area contributed by atoms with E-state index >= 15 is 0 Å². The molecule has 0 aliphatic heterocycles. The summed E-state index contributed by atoms with van der Waals surface area (Å²) in [5, 5.41) is 10.7. The van der Waals surface area contributed by atoms with Gasteiger partial charge in [0, 0.05) is 0 Å². The van der Waals surface area contributed by atoms with E-state index in [-0.39, 0.29) is 17.5 Å². The van der Waals surface area contributed by atoms with Crippen molar-refractivity contribution in [1.82, 2.24) is 0 Å². The molecule has 0 saturated heterocycles. The standard InChI is InChI=1S/C21H32O3/c1-13(2)15-11-14-7-8-18-20(3,16(14)12-17(15)22)9-6-10-21(18,4)19(23)24-5/h7,11,13,16-18,22H,6,8-10,12H2,1-5H3/t16-,17-,18+,20+,21+/m0/s1. The molecule has 0 aromatic carbocycles. The van der Waals surface area contributed by atoms with Crippen molar-refractivity contribution >= 4 is 5.97 Å². The minimum absolute atomic E-state index is 0.0608. The van der Waals surface area contributed by atoms with Crippen LogP contribution >= 0.6 is 0 Å². The number of fused-ring (bicyclic) bond motifs is 3. The molecule has 0 aromatic heterocycles. The van der Waals surface area contributed by atoms with E-state index in [0.717, 1.165) is 37.7 Å². The maximum atomic E-state index is 12.5. The fourth-order valence-electron chi connectivity index (χ4n) is 5.88. The minimum atomic E-state index is -0.406. The van der Waals surface area contributed by atoms with Crippen LogP contribution in [0.2, 0.25) is 0 Å². The third kappa shape index (κ3) is 2.47. The largest absolute Gasteiger partial charge is 0.469 e. The van der Waals surface area contributed by atoms with Crippen molar-refractivity contribution in [2.45, 2.75) is 65.9 Å². The molecule has 134 valence electrons. The quantitative estimate of drug-likeness (QED) is 0.768. The highest BCUT2D eigenvalue weighted by Crippen LogP contribution is 2.62. The van der Waals surface area contributed by atoms with E-state index in [2.05, 4.69) is 39.8 Å². The highest BCUT2D eigenvalue weighted by atomic mass is 16.5. The Labute approximate surface area is 146 Å². The molecule has 0 bridgehead atoms. The number of hydrogen-bond acceptors (Lipinski definition) is 3. The van der Waals surface area contributed by atoms with Crippen LogP contribution in [-0.2, 0) is 9.53 Å². The molecule has 0 heterocycles. The predicted octanol–water partition coefficient (Wildman–Crippen LogP) is 4.27. The molecule has 3 heteroatoms.